The monoisotopic (exact) mass is 350 g/mol. The molecule has 0 radical (unpaired) electrons. The lowest BCUT2D eigenvalue weighted by atomic mass is 10.1. The fraction of sp³-hybridized carbons (Fsp3) is 0.250. The van der Waals surface area contributed by atoms with Gasteiger partial charge in [0.15, 0.2) is 0 Å². The first-order valence-corrected chi connectivity index (χ1v) is 8.44. The summed E-state index contributed by atoms with van der Waals surface area (Å²) in [6, 6.07) is 17.0. The van der Waals surface area contributed by atoms with Crippen molar-refractivity contribution in [1.82, 2.24) is 5.43 Å². The molecule has 0 heterocycles. The third-order valence-corrected chi connectivity index (χ3v) is 5.35. The van der Waals surface area contributed by atoms with E-state index >= 15 is 0 Å². The lowest BCUT2D eigenvalue weighted by molar-refractivity contribution is 0.610. The lowest BCUT2D eigenvalue weighted by Crippen LogP contribution is -2.29. The van der Waals surface area contributed by atoms with Crippen molar-refractivity contribution in [2.75, 3.05) is 5.75 Å². The molecule has 2 aromatic rings. The Balaban J connectivity index is 2.03. The van der Waals surface area contributed by atoms with E-state index in [9.17, 15) is 0 Å². The Hall–Kier alpha value is -0.810. The molecule has 2 nitrogen and oxygen atoms in total. The average molecular weight is 351 g/mol. The van der Waals surface area contributed by atoms with E-state index in [0.29, 0.717) is 0 Å². The van der Waals surface area contributed by atoms with Gasteiger partial charge in [0.2, 0.25) is 0 Å². The molecular weight excluding hydrogens is 332 g/mol. The van der Waals surface area contributed by atoms with E-state index < -0.39 is 0 Å². The number of aryl methyl sites for hydroxylation is 1. The fourth-order valence-corrected chi connectivity index (χ4v) is 3.60. The molecule has 0 fully saturated rings. The summed E-state index contributed by atoms with van der Waals surface area (Å²) in [5.41, 5.74) is 5.49. The summed E-state index contributed by atoms with van der Waals surface area (Å²) in [7, 11) is 0. The summed E-state index contributed by atoms with van der Waals surface area (Å²) in [4.78, 5) is 1.23. The van der Waals surface area contributed by atoms with Crippen molar-refractivity contribution in [1.29, 1.82) is 0 Å². The van der Waals surface area contributed by atoms with Gasteiger partial charge in [0.1, 0.15) is 0 Å². The van der Waals surface area contributed by atoms with Gasteiger partial charge >= 0.3 is 0 Å². The van der Waals surface area contributed by atoms with E-state index in [2.05, 4.69) is 64.7 Å². The van der Waals surface area contributed by atoms with Crippen molar-refractivity contribution in [3.8, 4) is 0 Å². The van der Waals surface area contributed by atoms with E-state index in [0.717, 1.165) is 16.6 Å². The maximum Gasteiger partial charge on any atom is 0.0553 e. The van der Waals surface area contributed by atoms with Gasteiger partial charge in [-0.1, -0.05) is 43.3 Å². The zero-order valence-electron chi connectivity index (χ0n) is 11.5. The molecule has 0 aliphatic heterocycles. The van der Waals surface area contributed by atoms with E-state index in [1.807, 2.05) is 12.1 Å². The third kappa shape index (κ3) is 4.09. The molecule has 106 valence electrons. The van der Waals surface area contributed by atoms with Crippen molar-refractivity contribution in [3.05, 3.63) is 64.1 Å². The number of thioether (sulfide) groups is 1. The highest BCUT2D eigenvalue weighted by Crippen LogP contribution is 2.30. The summed E-state index contributed by atoms with van der Waals surface area (Å²) >= 11 is 5.37. The Labute approximate surface area is 133 Å². The van der Waals surface area contributed by atoms with Crippen LogP contribution in [0.3, 0.4) is 0 Å². The molecular formula is C16H19BrN2S. The molecule has 1 atom stereocenters. The Morgan fingerprint density at radius 2 is 1.85 bits per heavy atom. The van der Waals surface area contributed by atoms with Crippen LogP contribution in [-0.4, -0.2) is 5.75 Å². The molecule has 2 rings (SSSR count). The van der Waals surface area contributed by atoms with Gasteiger partial charge in [-0.2, -0.15) is 0 Å². The minimum absolute atomic E-state index is 0.151. The SMILES string of the molecule is CCc1ccc(C(CSc2ccccc2Br)NN)cc1. The molecule has 20 heavy (non-hydrogen) atoms. The molecule has 2 aromatic carbocycles. The van der Waals surface area contributed by atoms with Crippen LogP contribution in [0.1, 0.15) is 24.1 Å². The molecule has 0 aliphatic rings. The van der Waals surface area contributed by atoms with Gasteiger partial charge < -0.3 is 0 Å². The number of halogens is 1. The Bertz CT molecular complexity index is 542. The number of nitrogens with one attached hydrogen (secondary N) is 1. The average Bonchev–Trinajstić information content (AvgIpc) is 2.50. The van der Waals surface area contributed by atoms with Crippen molar-refractivity contribution < 1.29 is 0 Å². The summed E-state index contributed by atoms with van der Waals surface area (Å²) in [6.07, 6.45) is 1.06. The number of nitrogens with two attached hydrogens (primary N) is 1. The maximum atomic E-state index is 5.70. The van der Waals surface area contributed by atoms with Gasteiger partial charge in [-0.25, -0.2) is 0 Å². The van der Waals surface area contributed by atoms with Crippen molar-refractivity contribution >= 4 is 27.7 Å². The maximum absolute atomic E-state index is 5.70. The van der Waals surface area contributed by atoms with Gasteiger partial charge in [-0.15, -0.1) is 11.8 Å². The van der Waals surface area contributed by atoms with Gasteiger partial charge in [0.25, 0.3) is 0 Å². The first kappa shape index (κ1) is 15.6. The topological polar surface area (TPSA) is 38.0 Å². The molecule has 0 amide bonds. The summed E-state index contributed by atoms with van der Waals surface area (Å²) in [6.45, 7) is 2.16. The summed E-state index contributed by atoms with van der Waals surface area (Å²) in [5.74, 6) is 6.60. The van der Waals surface area contributed by atoms with E-state index in [-0.39, 0.29) is 6.04 Å². The van der Waals surface area contributed by atoms with Crippen LogP contribution in [0.2, 0.25) is 0 Å². The van der Waals surface area contributed by atoms with Crippen LogP contribution in [0.5, 0.6) is 0 Å². The molecule has 1 unspecified atom stereocenters. The number of benzene rings is 2. The van der Waals surface area contributed by atoms with Crippen LogP contribution in [0.15, 0.2) is 57.9 Å². The van der Waals surface area contributed by atoms with Crippen LogP contribution in [-0.2, 0) is 6.42 Å². The van der Waals surface area contributed by atoms with Gasteiger partial charge in [-0.3, -0.25) is 11.3 Å². The predicted octanol–water partition coefficient (Wildman–Crippen LogP) is 4.31. The van der Waals surface area contributed by atoms with Crippen molar-refractivity contribution in [2.24, 2.45) is 5.84 Å². The van der Waals surface area contributed by atoms with Crippen LogP contribution in [0.25, 0.3) is 0 Å². The Morgan fingerprint density at radius 3 is 2.45 bits per heavy atom. The normalized spacial score (nSPS) is 12.3. The minimum atomic E-state index is 0.151. The predicted molar refractivity (Wildman–Crippen MR) is 90.8 cm³/mol. The van der Waals surface area contributed by atoms with Crippen LogP contribution >= 0.6 is 27.7 Å². The molecule has 0 aliphatic carbocycles. The Morgan fingerprint density at radius 1 is 1.15 bits per heavy atom. The summed E-state index contributed by atoms with van der Waals surface area (Å²) in [5, 5.41) is 0. The second-order valence-electron chi connectivity index (χ2n) is 4.56. The molecule has 0 saturated heterocycles. The molecule has 4 heteroatoms. The number of hydrogen-bond acceptors (Lipinski definition) is 3. The van der Waals surface area contributed by atoms with E-state index in [4.69, 9.17) is 5.84 Å². The standard InChI is InChI=1S/C16H19BrN2S/c1-2-12-7-9-13(10-8-12)15(19-18)11-20-16-6-4-3-5-14(16)17/h3-10,15,19H,2,11,18H2,1H3. The quantitative estimate of drug-likeness (QED) is 0.463. The first-order valence-electron chi connectivity index (χ1n) is 6.67. The zero-order chi connectivity index (χ0) is 14.4. The third-order valence-electron chi connectivity index (χ3n) is 3.23. The van der Waals surface area contributed by atoms with Crippen molar-refractivity contribution in [3.63, 3.8) is 0 Å². The van der Waals surface area contributed by atoms with Crippen LogP contribution in [0, 0.1) is 0 Å². The number of rotatable bonds is 6. The zero-order valence-corrected chi connectivity index (χ0v) is 13.9. The van der Waals surface area contributed by atoms with Crippen LogP contribution < -0.4 is 11.3 Å². The van der Waals surface area contributed by atoms with E-state index in [1.54, 1.807) is 11.8 Å². The van der Waals surface area contributed by atoms with E-state index in [1.165, 1.54) is 16.0 Å². The lowest BCUT2D eigenvalue weighted by Gasteiger charge is -2.16. The summed E-state index contributed by atoms with van der Waals surface area (Å²) < 4.78 is 1.13. The molecule has 0 aromatic heterocycles. The van der Waals surface area contributed by atoms with Crippen LogP contribution in [0.4, 0.5) is 0 Å². The molecule has 0 bridgehead atoms. The second kappa shape index (κ2) is 7.84. The van der Waals surface area contributed by atoms with Gasteiger partial charge in [0, 0.05) is 15.1 Å². The highest BCUT2D eigenvalue weighted by molar-refractivity contribution is 9.10. The largest absolute Gasteiger partial charge is 0.271 e. The highest BCUT2D eigenvalue weighted by atomic mass is 79.9. The van der Waals surface area contributed by atoms with Gasteiger partial charge in [0.05, 0.1) is 6.04 Å². The fourth-order valence-electron chi connectivity index (χ4n) is 1.96. The molecule has 0 saturated carbocycles. The molecule has 0 spiro atoms. The highest BCUT2D eigenvalue weighted by Gasteiger charge is 2.11. The number of hydrazine groups is 1. The molecule has 3 N–H and O–H groups in total. The second-order valence-corrected chi connectivity index (χ2v) is 6.47. The smallest absolute Gasteiger partial charge is 0.0553 e. The Kier molecular flexibility index (Phi) is 6.10. The van der Waals surface area contributed by atoms with Gasteiger partial charge in [-0.05, 0) is 45.6 Å². The first-order chi connectivity index (χ1) is 9.74. The number of hydrogen-bond donors (Lipinski definition) is 2. The van der Waals surface area contributed by atoms with Crippen molar-refractivity contribution in [2.45, 2.75) is 24.3 Å². The minimum Gasteiger partial charge on any atom is -0.271 e.